The fraction of sp³-hybridized carbons (Fsp3) is 0.750. The van der Waals surface area contributed by atoms with Crippen LogP contribution in [0.2, 0.25) is 0 Å². The van der Waals surface area contributed by atoms with Crippen LogP contribution in [0.3, 0.4) is 0 Å². The van der Waals surface area contributed by atoms with Crippen LogP contribution in [0.5, 0.6) is 0 Å². The van der Waals surface area contributed by atoms with Gasteiger partial charge in [0.2, 0.25) is 5.24 Å². The van der Waals surface area contributed by atoms with E-state index in [-0.39, 0.29) is 21.9 Å². The SMILES string of the molecule is CO.COC(=O)CBr.IC(I)I.ICI.II.O=C(Cl)CBr. The molecule has 22 heavy (non-hydrogen) atoms. The number of esters is 1. The van der Waals surface area contributed by atoms with Gasteiger partial charge in [-0.3, -0.25) is 9.59 Å². The van der Waals surface area contributed by atoms with E-state index in [1.54, 1.807) is 0 Å². The van der Waals surface area contributed by atoms with Crippen LogP contribution in [0.4, 0.5) is 0 Å². The molecule has 0 aliphatic heterocycles. The van der Waals surface area contributed by atoms with Crippen LogP contribution in [-0.4, -0.2) is 43.6 Å². The van der Waals surface area contributed by atoms with Gasteiger partial charge in [0.15, 0.2) is 0 Å². The van der Waals surface area contributed by atoms with Gasteiger partial charge in [-0.1, -0.05) is 145 Å². The molecule has 0 unspecified atom stereocenters. The molecular formula is C8H14Br2ClI7O4. The lowest BCUT2D eigenvalue weighted by molar-refractivity contribution is -0.137. The van der Waals surface area contributed by atoms with Crippen molar-refractivity contribution >= 4 is 205 Å². The number of hydrogen-bond acceptors (Lipinski definition) is 4. The molecule has 1 N–H and O–H groups in total. The number of hydrogen-bond donors (Lipinski definition) is 1. The number of halogens is 10. The second-order valence-corrected chi connectivity index (χ2v) is 18.4. The molecule has 0 aliphatic carbocycles. The molecule has 0 fully saturated rings. The van der Waals surface area contributed by atoms with E-state index in [9.17, 15) is 9.59 Å². The largest absolute Gasteiger partial charge is 0.468 e. The first-order chi connectivity index (χ1) is 10.2. The Kier molecular flexibility index (Phi) is 95.5. The highest BCUT2D eigenvalue weighted by Gasteiger charge is 1.89. The number of carbonyl (C=O) groups is 2. The number of methoxy groups -OCH3 is 1. The van der Waals surface area contributed by atoms with Gasteiger partial charge < -0.3 is 9.84 Å². The molecule has 140 valence electrons. The predicted molar refractivity (Wildman–Crippen MR) is 165 cm³/mol. The van der Waals surface area contributed by atoms with Gasteiger partial charge in [-0.15, -0.1) is 0 Å². The van der Waals surface area contributed by atoms with Crippen LogP contribution >= 0.6 is 194 Å². The van der Waals surface area contributed by atoms with E-state index < -0.39 is 0 Å². The number of alkyl halides is 7. The third-order valence-corrected chi connectivity index (χ3v) is 1.87. The zero-order chi connectivity index (χ0) is 19.6. The number of rotatable bonds is 2. The van der Waals surface area contributed by atoms with Crippen molar-refractivity contribution in [3.05, 3.63) is 0 Å². The van der Waals surface area contributed by atoms with Crippen molar-refractivity contribution in [2.75, 3.05) is 27.3 Å². The standard InChI is InChI=1S/C3H5BrO2.C2H2BrClO.CHI3.CH2I2.CH4O.I2/c1-6-3(5)2-4;3-1-2(4)5;2-1(3)4;2-1-3;2*1-2/h2H2,1H3;1H2;1H;1H2;2H,1H3;. The maximum atomic E-state index is 9.91. The highest BCUT2D eigenvalue weighted by atomic mass is 128. The molecule has 0 amide bonds. The molecule has 0 aromatic heterocycles. The van der Waals surface area contributed by atoms with Crippen molar-refractivity contribution in [3.63, 3.8) is 0 Å². The minimum atomic E-state index is -0.356. The topological polar surface area (TPSA) is 63.6 Å². The Balaban J connectivity index is -0.0000000368. The monoisotopic (exact) mass is 1260 g/mol. The highest BCUT2D eigenvalue weighted by molar-refractivity contribution is 15.0. The van der Waals surface area contributed by atoms with Crippen LogP contribution in [-0.2, 0) is 14.3 Å². The molecule has 0 bridgehead atoms. The van der Waals surface area contributed by atoms with Crippen molar-refractivity contribution < 1.29 is 19.4 Å². The van der Waals surface area contributed by atoms with Crippen molar-refractivity contribution in [1.29, 1.82) is 0 Å². The molecule has 0 saturated carbocycles. The van der Waals surface area contributed by atoms with Crippen LogP contribution < -0.4 is 0 Å². The normalized spacial score (nSPS) is 6.82. The molecular weight excluding hydrogens is 1240 g/mol. The second kappa shape index (κ2) is 50.3. The molecule has 14 heteroatoms. The Morgan fingerprint density at radius 3 is 1.27 bits per heavy atom. The van der Waals surface area contributed by atoms with E-state index in [4.69, 9.17) is 16.7 Å². The summed E-state index contributed by atoms with van der Waals surface area (Å²) in [6, 6.07) is 0. The molecule has 0 aromatic rings. The second-order valence-electron chi connectivity index (χ2n) is 1.55. The van der Waals surface area contributed by atoms with Gasteiger partial charge in [0.25, 0.3) is 0 Å². The summed E-state index contributed by atoms with van der Waals surface area (Å²) in [6.07, 6.45) is 0. The molecule has 0 rings (SSSR count). The van der Waals surface area contributed by atoms with Gasteiger partial charge >= 0.3 is 5.97 Å². The van der Waals surface area contributed by atoms with Crippen molar-refractivity contribution in [3.8, 4) is 0 Å². The number of ether oxygens (including phenoxy) is 1. The van der Waals surface area contributed by atoms with Crippen LogP contribution in [0.25, 0.3) is 0 Å². The van der Waals surface area contributed by atoms with Gasteiger partial charge in [0.05, 0.1) is 14.9 Å². The van der Waals surface area contributed by atoms with Crippen molar-refractivity contribution in [2.45, 2.75) is -0.0619 Å². The lowest BCUT2D eigenvalue weighted by atomic mass is 10.8. The Morgan fingerprint density at radius 1 is 1.09 bits per heavy atom. The Morgan fingerprint density at radius 2 is 1.27 bits per heavy atom. The fourth-order valence-electron chi connectivity index (χ4n) is 0.0546. The molecule has 4 nitrogen and oxygen atoms in total. The molecule has 0 saturated heterocycles. The molecule has 0 atom stereocenters. The first-order valence-electron chi connectivity index (χ1n) is 4.23. The molecule has 0 radical (unpaired) electrons. The summed E-state index contributed by atoms with van der Waals surface area (Å²) in [4.78, 5) is 19.4. The zero-order valence-corrected chi connectivity index (χ0v) is 30.2. The van der Waals surface area contributed by atoms with E-state index >= 15 is 0 Å². The average molecular weight is 1260 g/mol. The number of carbonyl (C=O) groups excluding carboxylic acids is 2. The first kappa shape index (κ1) is 41.7. The Labute approximate surface area is 245 Å². The van der Waals surface area contributed by atoms with Gasteiger partial charge in [-0.2, -0.15) is 0 Å². The zero-order valence-electron chi connectivity index (χ0n) is 11.2. The number of aliphatic hydroxyl groups excluding tert-OH is 1. The Bertz CT molecular complexity index is 187. The fourth-order valence-corrected chi connectivity index (χ4v) is 0.283. The van der Waals surface area contributed by atoms with E-state index in [0.29, 0.717) is 0 Å². The van der Waals surface area contributed by atoms with Crippen LogP contribution in [0.1, 0.15) is 0 Å². The van der Waals surface area contributed by atoms with Gasteiger partial charge in [0, 0.05) is 44.3 Å². The van der Waals surface area contributed by atoms with E-state index in [0.717, 1.165) is 7.05 Å². The van der Waals surface area contributed by atoms with Gasteiger partial charge in [-0.25, -0.2) is 0 Å². The predicted octanol–water partition coefficient (Wildman–Crippen LogP) is 7.47. The maximum Gasteiger partial charge on any atom is 0.316 e. The highest BCUT2D eigenvalue weighted by Crippen LogP contribution is 2.16. The minimum Gasteiger partial charge on any atom is -0.468 e. The summed E-state index contributed by atoms with van der Waals surface area (Å²) in [6.45, 7) is 0. The van der Waals surface area contributed by atoms with Gasteiger partial charge in [0.1, 0.15) is 5.27 Å². The van der Waals surface area contributed by atoms with Crippen molar-refractivity contribution in [2.24, 2.45) is 0 Å². The lowest BCUT2D eigenvalue weighted by Gasteiger charge is -1.86. The van der Waals surface area contributed by atoms with E-state index in [1.807, 2.05) is 0 Å². The van der Waals surface area contributed by atoms with Crippen LogP contribution in [0, 0.1) is 0 Å². The summed E-state index contributed by atoms with van der Waals surface area (Å²) in [5.74, 6) is -0.241. The quantitative estimate of drug-likeness (QED) is 0.135. The maximum absolute atomic E-state index is 9.91. The molecule has 0 spiro atoms. The summed E-state index contributed by atoms with van der Waals surface area (Å²) in [5, 5.41) is 7.17. The summed E-state index contributed by atoms with van der Waals surface area (Å²) >= 11 is 26.2. The third kappa shape index (κ3) is 116. The smallest absolute Gasteiger partial charge is 0.316 e. The number of aliphatic hydroxyl groups is 1. The molecule has 0 aliphatic rings. The molecule has 0 aromatic carbocycles. The summed E-state index contributed by atoms with van der Waals surface area (Å²) in [7, 11) is 2.35. The summed E-state index contributed by atoms with van der Waals surface area (Å²) < 4.78 is 6.15. The molecule has 0 heterocycles. The first-order valence-corrected chi connectivity index (χ1v) is 19.9. The minimum absolute atomic E-state index is 0.241. The van der Waals surface area contributed by atoms with Crippen LogP contribution in [0.15, 0.2) is 0 Å². The van der Waals surface area contributed by atoms with E-state index in [2.05, 4.69) is 187 Å². The summed E-state index contributed by atoms with van der Waals surface area (Å²) in [5.41, 5.74) is 0. The Hall–Kier alpha value is 5.46. The van der Waals surface area contributed by atoms with E-state index in [1.165, 1.54) is 9.54 Å². The van der Waals surface area contributed by atoms with Crippen molar-refractivity contribution in [1.82, 2.24) is 0 Å². The lowest BCUT2D eigenvalue weighted by Crippen LogP contribution is -1.99. The average Bonchev–Trinajstić information content (AvgIpc) is 2.51. The van der Waals surface area contributed by atoms with Gasteiger partial charge in [-0.05, 0) is 11.6 Å². The third-order valence-electron chi connectivity index (χ3n) is 0.442.